The van der Waals surface area contributed by atoms with Crippen molar-refractivity contribution in [2.45, 2.75) is 142 Å². The molecule has 5 nitrogen and oxygen atoms in total. The van der Waals surface area contributed by atoms with Crippen molar-refractivity contribution in [3.63, 3.8) is 0 Å². The second kappa shape index (κ2) is 20.7. The molecule has 5 heteroatoms. The zero-order chi connectivity index (χ0) is 25.0. The first-order valence-corrected chi connectivity index (χ1v) is 14.2. The van der Waals surface area contributed by atoms with Crippen LogP contribution in [0.3, 0.4) is 0 Å². The van der Waals surface area contributed by atoms with Gasteiger partial charge in [0.05, 0.1) is 26.8 Å². The monoisotopic (exact) mass is 470 g/mol. The summed E-state index contributed by atoms with van der Waals surface area (Å²) in [5, 5.41) is 12.8. The van der Waals surface area contributed by atoms with Crippen LogP contribution in [0.2, 0.25) is 0 Å². The number of likely N-dealkylation sites (N-methyl/N-ethyl adjacent to an activating group) is 1. The quantitative estimate of drug-likeness (QED) is 0.103. The maximum atomic E-state index is 12.5. The van der Waals surface area contributed by atoms with Gasteiger partial charge in [-0.25, -0.2) is 0 Å². The number of amides is 1. The van der Waals surface area contributed by atoms with Crippen molar-refractivity contribution in [1.29, 1.82) is 0 Å². The Kier molecular flexibility index (Phi) is 20.3. The molecule has 0 aromatic rings. The third kappa shape index (κ3) is 19.4. The Morgan fingerprint density at radius 2 is 1.18 bits per heavy atom. The fraction of sp³-hybridized carbons (Fsp3) is 0.964. The van der Waals surface area contributed by atoms with Gasteiger partial charge in [-0.3, -0.25) is 9.69 Å². The number of unbranched alkanes of at least 4 members (excludes halogenated alkanes) is 15. The predicted molar refractivity (Wildman–Crippen MR) is 143 cm³/mol. The summed E-state index contributed by atoms with van der Waals surface area (Å²) < 4.78 is 0.721. The van der Waals surface area contributed by atoms with Gasteiger partial charge in [-0.15, -0.1) is 0 Å². The van der Waals surface area contributed by atoms with Crippen molar-refractivity contribution < 1.29 is 14.4 Å². The Labute approximate surface area is 207 Å². The van der Waals surface area contributed by atoms with Crippen molar-refractivity contribution in [3.05, 3.63) is 0 Å². The maximum absolute atomic E-state index is 12.5. The number of quaternary nitrogens is 1. The van der Waals surface area contributed by atoms with Gasteiger partial charge in [-0.2, -0.15) is 0 Å². The molecule has 0 aliphatic carbocycles. The molecule has 0 aliphatic rings. The Balaban J connectivity index is 3.65. The third-order valence-corrected chi connectivity index (χ3v) is 6.98. The molecule has 0 rings (SSSR count). The van der Waals surface area contributed by atoms with Crippen LogP contribution < -0.4 is 5.32 Å². The molecule has 0 aliphatic heterocycles. The third-order valence-electron chi connectivity index (χ3n) is 6.98. The van der Waals surface area contributed by atoms with E-state index in [9.17, 15) is 9.90 Å². The van der Waals surface area contributed by atoms with Crippen LogP contribution in [0.5, 0.6) is 0 Å². The molecule has 2 atom stereocenters. The van der Waals surface area contributed by atoms with Gasteiger partial charge in [0, 0.05) is 0 Å². The Morgan fingerprint density at radius 3 is 1.55 bits per heavy atom. The van der Waals surface area contributed by atoms with E-state index in [2.05, 4.69) is 26.3 Å². The van der Waals surface area contributed by atoms with Crippen LogP contribution in [0, 0.1) is 0 Å². The van der Waals surface area contributed by atoms with E-state index in [1.165, 1.54) is 103 Å². The molecule has 2 N–H and O–H groups in total. The minimum absolute atomic E-state index is 0.0656. The van der Waals surface area contributed by atoms with E-state index in [1.807, 2.05) is 14.0 Å². The molecule has 0 spiro atoms. The first-order valence-electron chi connectivity index (χ1n) is 14.2. The van der Waals surface area contributed by atoms with Gasteiger partial charge in [0.2, 0.25) is 0 Å². The van der Waals surface area contributed by atoms with Crippen molar-refractivity contribution >= 4 is 5.91 Å². The van der Waals surface area contributed by atoms with Crippen molar-refractivity contribution in [2.24, 2.45) is 0 Å². The van der Waals surface area contributed by atoms with E-state index in [-0.39, 0.29) is 12.1 Å². The van der Waals surface area contributed by atoms with Gasteiger partial charge in [0.1, 0.15) is 6.23 Å². The summed E-state index contributed by atoms with van der Waals surface area (Å²) in [5.74, 6) is 0.0656. The van der Waals surface area contributed by atoms with Crippen LogP contribution >= 0.6 is 0 Å². The molecule has 0 radical (unpaired) electrons. The summed E-state index contributed by atoms with van der Waals surface area (Å²) in [6, 6.07) is 0. The number of aliphatic hydroxyl groups is 1. The van der Waals surface area contributed by atoms with E-state index < -0.39 is 6.23 Å². The number of rotatable bonds is 23. The van der Waals surface area contributed by atoms with Gasteiger partial charge < -0.3 is 14.9 Å². The largest absolute Gasteiger partial charge is 0.379 e. The highest BCUT2D eigenvalue weighted by atomic mass is 16.3. The van der Waals surface area contributed by atoms with E-state index in [0.29, 0.717) is 6.54 Å². The standard InChI is InChI=1S/C28H59N3O2/c1-7-9-10-11-12-13-14-15-16-17-18-19-20-21-22-23-24-31(5,6)25-28(33)29-27(8-2)30(4)26(3)32/h26-27,32H,7-25H2,1-6H3/p+1. The van der Waals surface area contributed by atoms with Gasteiger partial charge in [0.25, 0.3) is 5.91 Å². The van der Waals surface area contributed by atoms with Gasteiger partial charge >= 0.3 is 0 Å². The minimum atomic E-state index is -0.567. The Hall–Kier alpha value is -0.650. The van der Waals surface area contributed by atoms with Crippen LogP contribution in [0.4, 0.5) is 0 Å². The van der Waals surface area contributed by atoms with E-state index in [4.69, 9.17) is 0 Å². The average Bonchev–Trinajstić information content (AvgIpc) is 2.76. The number of hydrogen-bond acceptors (Lipinski definition) is 3. The number of nitrogens with zero attached hydrogens (tertiary/aromatic N) is 2. The average molecular weight is 471 g/mol. The van der Waals surface area contributed by atoms with Crippen molar-refractivity contribution in [2.75, 3.05) is 34.2 Å². The SMILES string of the molecule is CCCCCCCCCCCCCCCCCC[N+](C)(C)CC(=O)NC(CC)N(C)C(C)O. The lowest BCUT2D eigenvalue weighted by molar-refractivity contribution is -0.882. The molecule has 0 heterocycles. The molecule has 0 saturated heterocycles. The molecule has 1 amide bonds. The number of hydrogen-bond donors (Lipinski definition) is 2. The van der Waals surface area contributed by atoms with Crippen LogP contribution in [0.15, 0.2) is 0 Å². The molecule has 0 saturated carbocycles. The summed E-state index contributed by atoms with van der Waals surface area (Å²) in [4.78, 5) is 14.3. The molecule has 198 valence electrons. The van der Waals surface area contributed by atoms with Crippen molar-refractivity contribution in [1.82, 2.24) is 10.2 Å². The van der Waals surface area contributed by atoms with Crippen LogP contribution in [0.1, 0.15) is 130 Å². The topological polar surface area (TPSA) is 52.6 Å². The summed E-state index contributed by atoms with van der Waals surface area (Å²) in [7, 11) is 6.13. The van der Waals surface area contributed by atoms with Gasteiger partial charge in [-0.1, -0.05) is 104 Å². The molecule has 0 bridgehead atoms. The first-order chi connectivity index (χ1) is 15.7. The molecule has 0 aromatic carbocycles. The van der Waals surface area contributed by atoms with E-state index in [0.717, 1.165) is 17.4 Å². The molecule has 0 fully saturated rings. The maximum Gasteiger partial charge on any atom is 0.276 e. The molecule has 33 heavy (non-hydrogen) atoms. The van der Waals surface area contributed by atoms with Gasteiger partial charge in [0.15, 0.2) is 6.54 Å². The van der Waals surface area contributed by atoms with Crippen LogP contribution in [0.25, 0.3) is 0 Å². The van der Waals surface area contributed by atoms with Crippen LogP contribution in [-0.4, -0.2) is 67.0 Å². The summed E-state index contributed by atoms with van der Waals surface area (Å²) >= 11 is 0. The Morgan fingerprint density at radius 1 is 0.788 bits per heavy atom. The highest BCUT2D eigenvalue weighted by Crippen LogP contribution is 2.14. The molecule has 0 aromatic heterocycles. The predicted octanol–water partition coefficient (Wildman–Crippen LogP) is 6.45. The van der Waals surface area contributed by atoms with Crippen molar-refractivity contribution in [3.8, 4) is 0 Å². The normalized spacial score (nSPS) is 13.9. The number of carbonyl (C=O) groups excluding carboxylic acids is 1. The number of carbonyl (C=O) groups is 1. The lowest BCUT2D eigenvalue weighted by Crippen LogP contribution is -2.54. The van der Waals surface area contributed by atoms with Crippen LogP contribution in [-0.2, 0) is 4.79 Å². The smallest absolute Gasteiger partial charge is 0.276 e. The highest BCUT2D eigenvalue weighted by molar-refractivity contribution is 5.77. The number of nitrogens with one attached hydrogen (secondary N) is 1. The van der Waals surface area contributed by atoms with E-state index in [1.54, 1.807) is 11.8 Å². The molecular weight excluding hydrogens is 410 g/mol. The fourth-order valence-corrected chi connectivity index (χ4v) is 4.54. The first kappa shape index (κ1) is 32.4. The molecular formula is C28H60N3O2+. The zero-order valence-corrected chi connectivity index (χ0v) is 23.3. The minimum Gasteiger partial charge on any atom is -0.379 e. The lowest BCUT2D eigenvalue weighted by atomic mass is 10.0. The summed E-state index contributed by atoms with van der Waals surface area (Å²) in [5.41, 5.74) is 0. The summed E-state index contributed by atoms with van der Waals surface area (Å²) in [6.07, 6.45) is 22.2. The lowest BCUT2D eigenvalue weighted by Gasteiger charge is -2.33. The fourth-order valence-electron chi connectivity index (χ4n) is 4.54. The second-order valence-electron chi connectivity index (χ2n) is 10.9. The summed E-state index contributed by atoms with van der Waals surface area (Å²) in [6.45, 7) is 7.57. The zero-order valence-electron chi connectivity index (χ0n) is 23.3. The van der Waals surface area contributed by atoms with E-state index >= 15 is 0 Å². The number of aliphatic hydroxyl groups excluding tert-OH is 1. The van der Waals surface area contributed by atoms with Gasteiger partial charge in [-0.05, 0) is 33.2 Å². The Bertz CT molecular complexity index is 454. The second-order valence-corrected chi connectivity index (χ2v) is 10.9. The molecule has 2 unspecified atom stereocenters. The highest BCUT2D eigenvalue weighted by Gasteiger charge is 2.24.